The molecule has 2 aromatic rings. The van der Waals surface area contributed by atoms with Crippen LogP contribution in [0.3, 0.4) is 0 Å². The summed E-state index contributed by atoms with van der Waals surface area (Å²) in [5.74, 6) is 0.365. The molecule has 2 aliphatic heterocycles. The Bertz CT molecular complexity index is 980. The number of hydrogen-bond acceptors (Lipinski definition) is 2. The Kier molecular flexibility index (Phi) is 8.06. The Morgan fingerprint density at radius 1 is 0.697 bits per heavy atom. The van der Waals surface area contributed by atoms with Crippen molar-refractivity contribution in [3.63, 3.8) is 0 Å². The van der Waals surface area contributed by atoms with Crippen molar-refractivity contribution in [2.24, 2.45) is 0 Å². The van der Waals surface area contributed by atoms with Crippen LogP contribution in [0.2, 0.25) is 0 Å². The Labute approximate surface area is 204 Å². The third-order valence-corrected chi connectivity index (χ3v) is 7.29. The normalized spacial score (nSPS) is 18.4. The molecule has 33 heavy (non-hydrogen) atoms. The molecule has 0 atom stereocenters. The quantitative estimate of drug-likeness (QED) is 0.416. The lowest BCUT2D eigenvalue weighted by Gasteiger charge is -2.31. The number of rotatable bonds is 5. The third kappa shape index (κ3) is 5.42. The van der Waals surface area contributed by atoms with Gasteiger partial charge >= 0.3 is 0 Å². The zero-order valence-corrected chi connectivity index (χ0v) is 20.3. The second-order valence-electron chi connectivity index (χ2n) is 9.37. The Hall–Kier alpha value is -2.36. The van der Waals surface area contributed by atoms with E-state index in [1.165, 1.54) is 40.7 Å². The number of fused-ring (bicyclic) bond motifs is 2. The zero-order chi connectivity index (χ0) is 21.8. The average molecular weight is 463 g/mol. The van der Waals surface area contributed by atoms with Gasteiger partial charge in [-0.2, -0.15) is 0 Å². The first-order valence-electron chi connectivity index (χ1n) is 12.4. The minimum absolute atomic E-state index is 0. The molecule has 3 aliphatic rings. The van der Waals surface area contributed by atoms with E-state index in [4.69, 9.17) is 0 Å². The van der Waals surface area contributed by atoms with Gasteiger partial charge in [0.2, 0.25) is 5.91 Å². The number of piperidine rings is 2. The molecule has 0 saturated carbocycles. The highest BCUT2D eigenvalue weighted by atomic mass is 35.5. The number of hydrogen-bond donors (Lipinski definition) is 0. The van der Waals surface area contributed by atoms with Gasteiger partial charge in [0.05, 0.1) is 0 Å². The van der Waals surface area contributed by atoms with E-state index in [0.29, 0.717) is 5.91 Å². The molecule has 4 heteroatoms. The van der Waals surface area contributed by atoms with Crippen LogP contribution in [-0.4, -0.2) is 48.4 Å². The standard InChI is InChI=1S/C29H34N2O.ClH/c32-28-13-5-6-19-31(28)20-8-7-18-30-21-16-25(17-22-30)29-26-11-3-1-9-23(26)14-15-24-10-2-4-12-27(24)29;/h1-4,9-12,14-15H,5-8,13,16-22H2;1H. The van der Waals surface area contributed by atoms with Gasteiger partial charge in [-0.15, -0.1) is 12.4 Å². The van der Waals surface area contributed by atoms with Crippen molar-refractivity contribution in [2.45, 2.75) is 44.9 Å². The van der Waals surface area contributed by atoms with Crippen LogP contribution < -0.4 is 0 Å². The van der Waals surface area contributed by atoms with E-state index in [1.807, 2.05) is 0 Å². The van der Waals surface area contributed by atoms with E-state index in [1.54, 1.807) is 5.57 Å². The minimum Gasteiger partial charge on any atom is -0.343 e. The van der Waals surface area contributed by atoms with Crippen molar-refractivity contribution < 1.29 is 4.79 Å². The van der Waals surface area contributed by atoms with Crippen molar-refractivity contribution in [2.75, 3.05) is 32.7 Å². The maximum atomic E-state index is 12.0. The van der Waals surface area contributed by atoms with Crippen LogP contribution in [0.25, 0.3) is 17.7 Å². The van der Waals surface area contributed by atoms with Gasteiger partial charge in [0, 0.05) is 32.6 Å². The number of halogens is 1. The highest BCUT2D eigenvalue weighted by molar-refractivity contribution is 5.94. The molecule has 2 aromatic carbocycles. The number of carbonyl (C=O) groups excluding carboxylic acids is 1. The maximum absolute atomic E-state index is 12.0. The van der Waals surface area contributed by atoms with Crippen LogP contribution in [0.15, 0.2) is 54.1 Å². The first-order chi connectivity index (χ1) is 15.8. The zero-order valence-electron chi connectivity index (χ0n) is 19.5. The smallest absolute Gasteiger partial charge is 0.222 e. The van der Waals surface area contributed by atoms with Gasteiger partial charge in [0.15, 0.2) is 0 Å². The predicted molar refractivity (Wildman–Crippen MR) is 140 cm³/mol. The average Bonchev–Trinajstić information content (AvgIpc) is 3.00. The van der Waals surface area contributed by atoms with Gasteiger partial charge in [0.25, 0.3) is 0 Å². The van der Waals surface area contributed by atoms with E-state index in [9.17, 15) is 4.79 Å². The van der Waals surface area contributed by atoms with Crippen molar-refractivity contribution in [3.8, 4) is 0 Å². The molecule has 2 fully saturated rings. The Balaban J connectivity index is 0.00000259. The number of nitrogens with zero attached hydrogens (tertiary/aromatic N) is 2. The molecule has 1 amide bonds. The summed E-state index contributed by atoms with van der Waals surface area (Å²) in [5, 5.41) is 0. The van der Waals surface area contributed by atoms with Gasteiger partial charge in [-0.3, -0.25) is 4.79 Å². The second-order valence-corrected chi connectivity index (χ2v) is 9.37. The molecule has 0 unspecified atom stereocenters. The van der Waals surface area contributed by atoms with Gasteiger partial charge in [-0.25, -0.2) is 0 Å². The Morgan fingerprint density at radius 3 is 1.94 bits per heavy atom. The Morgan fingerprint density at radius 2 is 1.30 bits per heavy atom. The van der Waals surface area contributed by atoms with E-state index in [0.717, 1.165) is 64.8 Å². The summed E-state index contributed by atoms with van der Waals surface area (Å²) in [6.45, 7) is 5.34. The predicted octanol–water partition coefficient (Wildman–Crippen LogP) is 6.28. The van der Waals surface area contributed by atoms with E-state index < -0.39 is 0 Å². The molecule has 1 aliphatic carbocycles. The van der Waals surface area contributed by atoms with Crippen LogP contribution in [0.5, 0.6) is 0 Å². The summed E-state index contributed by atoms with van der Waals surface area (Å²) in [7, 11) is 0. The molecule has 0 N–H and O–H groups in total. The third-order valence-electron chi connectivity index (χ3n) is 7.29. The molecule has 0 bridgehead atoms. The highest BCUT2D eigenvalue weighted by Crippen LogP contribution is 2.38. The van der Waals surface area contributed by atoms with Crippen LogP contribution >= 0.6 is 12.4 Å². The first kappa shape index (κ1) is 23.8. The lowest BCUT2D eigenvalue weighted by atomic mass is 9.86. The molecular weight excluding hydrogens is 428 g/mol. The largest absolute Gasteiger partial charge is 0.343 e. The molecule has 5 rings (SSSR count). The summed E-state index contributed by atoms with van der Waals surface area (Å²) in [6.07, 6.45) is 12.1. The molecule has 2 saturated heterocycles. The lowest BCUT2D eigenvalue weighted by molar-refractivity contribution is -0.133. The van der Waals surface area contributed by atoms with Gasteiger partial charge in [-0.1, -0.05) is 66.3 Å². The van der Waals surface area contributed by atoms with Gasteiger partial charge in [-0.05, 0) is 72.9 Å². The molecule has 0 aromatic heterocycles. The summed E-state index contributed by atoms with van der Waals surface area (Å²) in [6, 6.07) is 17.7. The maximum Gasteiger partial charge on any atom is 0.222 e. The molecular formula is C29H35ClN2O. The van der Waals surface area contributed by atoms with Crippen molar-refractivity contribution >= 4 is 36.0 Å². The van der Waals surface area contributed by atoms with E-state index in [-0.39, 0.29) is 12.4 Å². The highest BCUT2D eigenvalue weighted by Gasteiger charge is 2.22. The van der Waals surface area contributed by atoms with Crippen LogP contribution in [0, 0.1) is 0 Å². The molecule has 0 spiro atoms. The topological polar surface area (TPSA) is 23.6 Å². The number of likely N-dealkylation sites (tertiary alicyclic amines) is 2. The SMILES string of the molecule is Cl.O=C1CCCCN1CCCCN1CCC(=C2c3ccccc3C=Cc3ccccc32)CC1. The summed E-state index contributed by atoms with van der Waals surface area (Å²) >= 11 is 0. The van der Waals surface area contributed by atoms with Crippen LogP contribution in [-0.2, 0) is 4.79 Å². The minimum atomic E-state index is 0. The summed E-state index contributed by atoms with van der Waals surface area (Å²) < 4.78 is 0. The molecule has 2 heterocycles. The molecule has 3 nitrogen and oxygen atoms in total. The van der Waals surface area contributed by atoms with Crippen LogP contribution in [0.1, 0.15) is 67.2 Å². The second kappa shape index (κ2) is 11.2. The fraction of sp³-hybridized carbons (Fsp3) is 0.414. The fourth-order valence-corrected chi connectivity index (χ4v) is 5.48. The van der Waals surface area contributed by atoms with Crippen molar-refractivity contribution in [3.05, 3.63) is 76.4 Å². The van der Waals surface area contributed by atoms with E-state index >= 15 is 0 Å². The van der Waals surface area contributed by atoms with Crippen molar-refractivity contribution in [1.29, 1.82) is 0 Å². The number of amides is 1. The molecule has 0 radical (unpaired) electrons. The first-order valence-corrected chi connectivity index (χ1v) is 12.4. The summed E-state index contributed by atoms with van der Waals surface area (Å²) in [4.78, 5) is 16.7. The molecule has 174 valence electrons. The van der Waals surface area contributed by atoms with Crippen molar-refractivity contribution in [1.82, 2.24) is 9.80 Å². The number of unbranched alkanes of at least 4 members (excludes halogenated alkanes) is 1. The number of carbonyl (C=O) groups is 1. The number of benzene rings is 2. The summed E-state index contributed by atoms with van der Waals surface area (Å²) in [5.41, 5.74) is 8.46. The van der Waals surface area contributed by atoms with Gasteiger partial charge < -0.3 is 9.80 Å². The van der Waals surface area contributed by atoms with Crippen LogP contribution in [0.4, 0.5) is 0 Å². The lowest BCUT2D eigenvalue weighted by Crippen LogP contribution is -2.36. The van der Waals surface area contributed by atoms with E-state index in [2.05, 4.69) is 70.5 Å². The monoisotopic (exact) mass is 462 g/mol. The fourth-order valence-electron chi connectivity index (χ4n) is 5.48. The van der Waals surface area contributed by atoms with Gasteiger partial charge in [0.1, 0.15) is 0 Å².